The summed E-state index contributed by atoms with van der Waals surface area (Å²) < 4.78 is 2.12. The number of imidazole rings is 1. The Balaban J connectivity index is 1.59. The monoisotopic (exact) mass is 437 g/mol. The van der Waals surface area contributed by atoms with Crippen molar-refractivity contribution >= 4 is 34.2 Å². The molecule has 0 saturated heterocycles. The molecule has 0 saturated carbocycles. The predicted octanol–water partition coefficient (Wildman–Crippen LogP) is 4.62. The first kappa shape index (κ1) is 20.4. The van der Waals surface area contributed by atoms with E-state index in [0.29, 0.717) is 18.1 Å². The molecule has 33 heavy (non-hydrogen) atoms. The molecule has 0 fully saturated rings. The molecule has 0 aliphatic heterocycles. The number of nitrogens with one attached hydrogen (secondary N) is 3. The third kappa shape index (κ3) is 4.06. The number of carbonyl (C=O) groups is 1. The molecule has 0 aliphatic carbocycles. The number of hydrogen-bond acceptors (Lipinski definition) is 5. The maximum atomic E-state index is 11.6. The molecule has 3 aromatic heterocycles. The average molecular weight is 438 g/mol. The number of nitrogens with zero attached hydrogens (tertiary/aromatic N) is 4. The first-order valence-electron chi connectivity index (χ1n) is 10.6. The molecule has 3 N–H and O–H groups in total. The highest BCUT2D eigenvalue weighted by Gasteiger charge is 2.15. The smallest absolute Gasteiger partial charge is 0.318 e. The molecule has 3 heterocycles. The number of rotatable bonds is 5. The molecule has 2 amide bonds. The van der Waals surface area contributed by atoms with Crippen molar-refractivity contribution in [3.05, 3.63) is 84.3 Å². The summed E-state index contributed by atoms with van der Waals surface area (Å²) in [5.41, 5.74) is 7.45. The van der Waals surface area contributed by atoms with Gasteiger partial charge in [0.25, 0.3) is 0 Å². The predicted molar refractivity (Wildman–Crippen MR) is 130 cm³/mol. The summed E-state index contributed by atoms with van der Waals surface area (Å²) in [5.74, 6) is 0.709. The third-order valence-electron chi connectivity index (χ3n) is 5.43. The Morgan fingerprint density at radius 1 is 1.06 bits per heavy atom. The van der Waals surface area contributed by atoms with Gasteiger partial charge in [-0.15, -0.1) is 0 Å². The van der Waals surface area contributed by atoms with E-state index >= 15 is 0 Å². The summed E-state index contributed by atoms with van der Waals surface area (Å²) in [6.07, 6.45) is 5.45. The number of pyridine rings is 1. The van der Waals surface area contributed by atoms with Gasteiger partial charge in [0.15, 0.2) is 11.5 Å². The van der Waals surface area contributed by atoms with Crippen LogP contribution in [-0.4, -0.2) is 32.4 Å². The van der Waals surface area contributed by atoms with Crippen LogP contribution in [0, 0.1) is 6.92 Å². The van der Waals surface area contributed by atoms with Crippen molar-refractivity contribution in [2.75, 3.05) is 17.7 Å². The van der Waals surface area contributed by atoms with Gasteiger partial charge in [-0.05, 0) is 48.4 Å². The van der Waals surface area contributed by atoms with E-state index in [1.807, 2.05) is 48.8 Å². The quantitative estimate of drug-likeness (QED) is 0.373. The number of aromatic nitrogens is 4. The number of aryl methyl sites for hydroxylation is 1. The Morgan fingerprint density at radius 3 is 2.67 bits per heavy atom. The van der Waals surface area contributed by atoms with E-state index in [9.17, 15) is 4.79 Å². The zero-order valence-corrected chi connectivity index (χ0v) is 18.3. The Kier molecular flexibility index (Phi) is 5.32. The average Bonchev–Trinajstić information content (AvgIpc) is 3.29. The SMILES string of the molecule is CNC(=O)Nc1ccc(-c2cnc3c(NCc4cccnc4)nc4cc(C)ccc4n23)cc1. The molecule has 5 rings (SSSR count). The largest absolute Gasteiger partial charge is 0.363 e. The Labute approximate surface area is 190 Å². The van der Waals surface area contributed by atoms with Gasteiger partial charge in [0.2, 0.25) is 0 Å². The second-order valence-corrected chi connectivity index (χ2v) is 7.75. The number of fused-ring (bicyclic) bond motifs is 3. The minimum Gasteiger partial charge on any atom is -0.363 e. The van der Waals surface area contributed by atoms with Crippen LogP contribution in [0.4, 0.5) is 16.3 Å². The Bertz CT molecular complexity index is 1440. The van der Waals surface area contributed by atoms with Crippen LogP contribution in [0.5, 0.6) is 0 Å². The highest BCUT2D eigenvalue weighted by atomic mass is 16.2. The summed E-state index contributed by atoms with van der Waals surface area (Å²) in [5, 5.41) is 8.76. The Morgan fingerprint density at radius 2 is 1.91 bits per heavy atom. The van der Waals surface area contributed by atoms with Gasteiger partial charge in [-0.25, -0.2) is 14.8 Å². The van der Waals surface area contributed by atoms with Crippen molar-refractivity contribution in [3.8, 4) is 11.3 Å². The van der Waals surface area contributed by atoms with E-state index in [2.05, 4.69) is 50.5 Å². The number of amides is 2. The van der Waals surface area contributed by atoms with Crippen LogP contribution in [0.15, 0.2) is 73.2 Å². The highest BCUT2D eigenvalue weighted by Crippen LogP contribution is 2.29. The fraction of sp³-hybridized carbons (Fsp3) is 0.120. The van der Waals surface area contributed by atoms with Crippen molar-refractivity contribution in [1.29, 1.82) is 0 Å². The zero-order valence-electron chi connectivity index (χ0n) is 18.3. The van der Waals surface area contributed by atoms with Crippen LogP contribution >= 0.6 is 0 Å². The van der Waals surface area contributed by atoms with Gasteiger partial charge in [-0.1, -0.05) is 24.3 Å². The lowest BCUT2D eigenvalue weighted by atomic mass is 10.1. The minimum atomic E-state index is -0.255. The van der Waals surface area contributed by atoms with Gasteiger partial charge in [-0.3, -0.25) is 9.38 Å². The van der Waals surface area contributed by atoms with E-state index < -0.39 is 0 Å². The molecule has 0 aliphatic rings. The maximum Gasteiger partial charge on any atom is 0.318 e. The molecule has 164 valence electrons. The molecule has 8 nitrogen and oxygen atoms in total. The lowest BCUT2D eigenvalue weighted by Gasteiger charge is -2.12. The number of carbonyl (C=O) groups excluding carboxylic acids is 1. The van der Waals surface area contributed by atoms with Gasteiger partial charge >= 0.3 is 6.03 Å². The van der Waals surface area contributed by atoms with Crippen molar-refractivity contribution in [1.82, 2.24) is 24.7 Å². The van der Waals surface area contributed by atoms with E-state index in [-0.39, 0.29) is 6.03 Å². The molecule has 0 bridgehead atoms. The lowest BCUT2D eigenvalue weighted by Crippen LogP contribution is -2.24. The standard InChI is InChI=1S/C25H23N7O/c1-16-5-10-21-20(12-16)31-23(28-14-17-4-3-11-27-13-17)24-29-15-22(32(21)24)18-6-8-19(9-7-18)30-25(33)26-2/h3-13,15H,14H2,1-2H3,(H,28,31)(H2,26,30,33). The molecule has 2 aromatic carbocycles. The van der Waals surface area contributed by atoms with Gasteiger partial charge in [0.1, 0.15) is 0 Å². The van der Waals surface area contributed by atoms with Crippen molar-refractivity contribution in [2.45, 2.75) is 13.5 Å². The number of benzene rings is 2. The summed E-state index contributed by atoms with van der Waals surface area (Å²) in [6.45, 7) is 2.65. The number of urea groups is 1. The highest BCUT2D eigenvalue weighted by molar-refractivity contribution is 5.90. The Hall–Kier alpha value is -4.46. The van der Waals surface area contributed by atoms with Gasteiger partial charge in [-0.2, -0.15) is 0 Å². The molecule has 0 atom stereocenters. The maximum absolute atomic E-state index is 11.6. The van der Waals surface area contributed by atoms with Crippen molar-refractivity contribution in [2.24, 2.45) is 0 Å². The molecule has 8 heteroatoms. The molecular weight excluding hydrogens is 414 g/mol. The summed E-state index contributed by atoms with van der Waals surface area (Å²) >= 11 is 0. The zero-order chi connectivity index (χ0) is 22.8. The second kappa shape index (κ2) is 8.58. The topological polar surface area (TPSA) is 96.2 Å². The molecule has 0 unspecified atom stereocenters. The van der Waals surface area contributed by atoms with Crippen LogP contribution in [0.1, 0.15) is 11.1 Å². The van der Waals surface area contributed by atoms with Crippen molar-refractivity contribution < 1.29 is 4.79 Å². The van der Waals surface area contributed by atoms with E-state index in [4.69, 9.17) is 9.97 Å². The molecule has 0 radical (unpaired) electrons. The van der Waals surface area contributed by atoms with Gasteiger partial charge < -0.3 is 16.0 Å². The van der Waals surface area contributed by atoms with Crippen LogP contribution in [0.3, 0.4) is 0 Å². The lowest BCUT2D eigenvalue weighted by molar-refractivity contribution is 0.254. The summed E-state index contributed by atoms with van der Waals surface area (Å²) in [7, 11) is 1.59. The van der Waals surface area contributed by atoms with Crippen LogP contribution < -0.4 is 16.0 Å². The van der Waals surface area contributed by atoms with E-state index in [1.54, 1.807) is 13.2 Å². The normalized spacial score (nSPS) is 11.0. The third-order valence-corrected chi connectivity index (χ3v) is 5.43. The van der Waals surface area contributed by atoms with Crippen LogP contribution in [0.25, 0.3) is 27.9 Å². The second-order valence-electron chi connectivity index (χ2n) is 7.75. The number of hydrogen-bond donors (Lipinski definition) is 3. The fourth-order valence-electron chi connectivity index (χ4n) is 3.77. The van der Waals surface area contributed by atoms with Crippen LogP contribution in [-0.2, 0) is 6.54 Å². The van der Waals surface area contributed by atoms with E-state index in [1.165, 1.54) is 0 Å². The fourth-order valence-corrected chi connectivity index (χ4v) is 3.77. The van der Waals surface area contributed by atoms with E-state index in [0.717, 1.165) is 39.1 Å². The first-order valence-corrected chi connectivity index (χ1v) is 10.6. The minimum absolute atomic E-state index is 0.255. The molecule has 5 aromatic rings. The van der Waals surface area contributed by atoms with Crippen LogP contribution in [0.2, 0.25) is 0 Å². The first-order chi connectivity index (χ1) is 16.1. The molecule has 0 spiro atoms. The van der Waals surface area contributed by atoms with Gasteiger partial charge in [0, 0.05) is 37.2 Å². The summed E-state index contributed by atoms with van der Waals surface area (Å²) in [6, 6.07) is 17.6. The number of anilines is 2. The van der Waals surface area contributed by atoms with Crippen molar-refractivity contribution in [3.63, 3.8) is 0 Å². The summed E-state index contributed by atoms with van der Waals surface area (Å²) in [4.78, 5) is 25.4. The van der Waals surface area contributed by atoms with Gasteiger partial charge in [0.05, 0.1) is 22.9 Å². The molecular formula is C25H23N7O.